The van der Waals surface area contributed by atoms with Crippen LogP contribution in [0.5, 0.6) is 0 Å². The molecular weight excluding hydrogens is 545 g/mol. The molecule has 1 saturated carbocycles. The third-order valence-electron chi connectivity index (χ3n) is 7.70. The third kappa shape index (κ3) is 5.45. The molecule has 212 valence electrons. The number of aliphatic hydroxyl groups is 1. The van der Waals surface area contributed by atoms with Gasteiger partial charge in [0.2, 0.25) is 0 Å². The molecule has 2 saturated heterocycles. The topological polar surface area (TPSA) is 107 Å². The number of aliphatic hydroxyl groups excluding tert-OH is 1. The van der Waals surface area contributed by atoms with Crippen molar-refractivity contribution in [3.8, 4) is 10.4 Å². The molecule has 2 aromatic rings. The Hall–Kier alpha value is -2.87. The maximum Gasteiger partial charge on any atom is 0.408 e. The minimum atomic E-state index is -4.61. The number of halogens is 5. The lowest BCUT2D eigenvalue weighted by Crippen LogP contribution is -2.46. The second-order valence-electron chi connectivity index (χ2n) is 10.3. The average Bonchev–Trinajstić information content (AvgIpc) is 3.59. The normalized spacial score (nSPS) is 25.1. The van der Waals surface area contributed by atoms with Crippen molar-refractivity contribution in [1.29, 1.82) is 0 Å². The van der Waals surface area contributed by atoms with Crippen LogP contribution in [-0.2, 0) is 0 Å². The van der Waals surface area contributed by atoms with Gasteiger partial charge in [0.05, 0.1) is 11.0 Å². The van der Waals surface area contributed by atoms with Crippen LogP contribution in [0, 0.1) is 0 Å². The van der Waals surface area contributed by atoms with E-state index in [-0.39, 0.29) is 51.5 Å². The molecule has 2 amide bonds. The third-order valence-corrected chi connectivity index (χ3v) is 8.79. The van der Waals surface area contributed by atoms with Crippen LogP contribution in [0.15, 0.2) is 12.3 Å². The fraction of sp³-hybridized carbons (Fsp3) is 0.600. The lowest BCUT2D eigenvalue weighted by atomic mass is 9.89. The Morgan fingerprint density at radius 1 is 1.18 bits per heavy atom. The summed E-state index contributed by atoms with van der Waals surface area (Å²) in [5.74, 6) is -1.44. The van der Waals surface area contributed by atoms with Crippen LogP contribution < -0.4 is 10.6 Å². The SMILES string of the molecule is CC[C@H](Nc1cc(C(F)F)c(-c2sc(C(=O)NC3CC(O)C3)nc2C(=O)N2C3CCC2CC3)cn1)C(F)(F)F. The van der Waals surface area contributed by atoms with E-state index in [1.54, 1.807) is 4.90 Å². The second-order valence-corrected chi connectivity index (χ2v) is 11.3. The molecule has 0 unspecified atom stereocenters. The summed E-state index contributed by atoms with van der Waals surface area (Å²) < 4.78 is 68.2. The predicted molar refractivity (Wildman–Crippen MR) is 133 cm³/mol. The second kappa shape index (κ2) is 10.6. The van der Waals surface area contributed by atoms with Crippen LogP contribution in [0.3, 0.4) is 0 Å². The number of nitrogens with one attached hydrogen (secondary N) is 2. The first kappa shape index (κ1) is 27.7. The summed E-state index contributed by atoms with van der Waals surface area (Å²) in [7, 11) is 0. The molecule has 0 radical (unpaired) electrons. The molecule has 2 aromatic heterocycles. The molecule has 3 fully saturated rings. The van der Waals surface area contributed by atoms with E-state index in [0.717, 1.165) is 49.3 Å². The van der Waals surface area contributed by atoms with Gasteiger partial charge in [0, 0.05) is 35.4 Å². The molecule has 5 rings (SSSR count). The van der Waals surface area contributed by atoms with E-state index in [1.165, 1.54) is 6.92 Å². The minimum absolute atomic E-state index is 0.0124. The highest BCUT2D eigenvalue weighted by Gasteiger charge is 2.44. The van der Waals surface area contributed by atoms with Gasteiger partial charge in [-0.1, -0.05) is 6.92 Å². The van der Waals surface area contributed by atoms with Crippen molar-refractivity contribution >= 4 is 29.0 Å². The van der Waals surface area contributed by atoms with Crippen molar-refractivity contribution in [2.45, 2.75) is 94.7 Å². The number of anilines is 1. The lowest BCUT2D eigenvalue weighted by Gasteiger charge is -2.31. The molecule has 1 aliphatic carbocycles. The quantitative estimate of drug-likeness (QED) is 0.388. The van der Waals surface area contributed by atoms with Crippen LogP contribution in [-0.4, -0.2) is 68.2 Å². The zero-order chi connectivity index (χ0) is 28.1. The zero-order valence-corrected chi connectivity index (χ0v) is 21.8. The van der Waals surface area contributed by atoms with Crippen molar-refractivity contribution in [2.75, 3.05) is 5.32 Å². The van der Waals surface area contributed by atoms with Gasteiger partial charge in [0.1, 0.15) is 17.6 Å². The van der Waals surface area contributed by atoms with Crippen LogP contribution in [0.2, 0.25) is 0 Å². The van der Waals surface area contributed by atoms with Gasteiger partial charge in [0.15, 0.2) is 5.01 Å². The molecule has 0 spiro atoms. The lowest BCUT2D eigenvalue weighted by molar-refractivity contribution is -0.142. The Labute approximate surface area is 225 Å². The fourth-order valence-corrected chi connectivity index (χ4v) is 6.57. The zero-order valence-electron chi connectivity index (χ0n) is 21.0. The fourth-order valence-electron chi connectivity index (χ4n) is 5.58. The Bertz CT molecular complexity index is 1230. The van der Waals surface area contributed by atoms with Gasteiger partial charge in [0.25, 0.3) is 18.2 Å². The summed E-state index contributed by atoms with van der Waals surface area (Å²) in [4.78, 5) is 36.6. The van der Waals surface area contributed by atoms with Crippen molar-refractivity contribution in [3.05, 3.63) is 28.5 Å². The standard InChI is InChI=1S/C25H28F5N5O3S/c1-2-17(25(28,29)30)33-18-9-15(21(26)27)16(10-31-18)20-19(24(38)35-12-3-4-13(35)6-5-12)34-23(39-20)22(37)32-11-7-14(36)8-11/h9-14,17,21,36H,2-8H2,1H3,(H,31,33)(H,32,37)/t11?,12?,13?,14?,17-/m0/s1. The highest BCUT2D eigenvalue weighted by molar-refractivity contribution is 7.17. The van der Waals surface area contributed by atoms with Gasteiger partial charge in [-0.15, -0.1) is 11.3 Å². The number of amides is 2. The Balaban J connectivity index is 1.52. The van der Waals surface area contributed by atoms with E-state index in [2.05, 4.69) is 20.6 Å². The predicted octanol–water partition coefficient (Wildman–Crippen LogP) is 4.92. The van der Waals surface area contributed by atoms with Crippen molar-refractivity contribution in [2.24, 2.45) is 0 Å². The number of hydrogen-bond acceptors (Lipinski definition) is 7. The molecule has 4 heterocycles. The van der Waals surface area contributed by atoms with E-state index in [9.17, 15) is 36.6 Å². The van der Waals surface area contributed by atoms with E-state index >= 15 is 0 Å². The molecule has 1 atom stereocenters. The summed E-state index contributed by atoms with van der Waals surface area (Å²) >= 11 is 0.761. The van der Waals surface area contributed by atoms with E-state index in [0.29, 0.717) is 12.8 Å². The van der Waals surface area contributed by atoms with Crippen molar-refractivity contribution < 1.29 is 36.6 Å². The van der Waals surface area contributed by atoms with Gasteiger partial charge in [-0.2, -0.15) is 13.2 Å². The summed E-state index contributed by atoms with van der Waals surface area (Å²) in [6.07, 6.45) is -3.49. The number of pyridine rings is 1. The Morgan fingerprint density at radius 2 is 1.82 bits per heavy atom. The van der Waals surface area contributed by atoms with E-state index in [1.807, 2.05) is 0 Å². The Morgan fingerprint density at radius 3 is 2.36 bits per heavy atom. The van der Waals surface area contributed by atoms with Gasteiger partial charge in [-0.3, -0.25) is 9.59 Å². The number of thiazole rings is 1. The molecule has 14 heteroatoms. The number of hydrogen-bond donors (Lipinski definition) is 3. The molecule has 2 aliphatic heterocycles. The van der Waals surface area contributed by atoms with Gasteiger partial charge in [-0.05, 0) is 51.0 Å². The number of fused-ring (bicyclic) bond motifs is 2. The van der Waals surface area contributed by atoms with Crippen LogP contribution in [0.4, 0.5) is 27.8 Å². The monoisotopic (exact) mass is 573 g/mol. The van der Waals surface area contributed by atoms with Crippen molar-refractivity contribution in [1.82, 2.24) is 20.2 Å². The molecule has 39 heavy (non-hydrogen) atoms. The first-order chi connectivity index (χ1) is 18.5. The molecule has 0 aromatic carbocycles. The summed E-state index contributed by atoms with van der Waals surface area (Å²) in [6, 6.07) is -1.38. The first-order valence-electron chi connectivity index (χ1n) is 12.9. The highest BCUT2D eigenvalue weighted by Crippen LogP contribution is 2.42. The number of alkyl halides is 5. The Kier molecular flexibility index (Phi) is 7.53. The molecule has 3 N–H and O–H groups in total. The van der Waals surface area contributed by atoms with Crippen molar-refractivity contribution in [3.63, 3.8) is 0 Å². The largest absolute Gasteiger partial charge is 0.408 e. The summed E-state index contributed by atoms with van der Waals surface area (Å²) in [6.45, 7) is 1.31. The molecule has 3 aliphatic rings. The summed E-state index contributed by atoms with van der Waals surface area (Å²) in [5.41, 5.74) is -0.939. The van der Waals surface area contributed by atoms with Gasteiger partial charge >= 0.3 is 6.18 Å². The number of carbonyl (C=O) groups is 2. The highest BCUT2D eigenvalue weighted by atomic mass is 32.1. The number of aromatic nitrogens is 2. The smallest absolute Gasteiger partial charge is 0.393 e. The molecular formula is C25H28F5N5O3S. The maximum absolute atomic E-state index is 14.2. The average molecular weight is 574 g/mol. The number of nitrogens with zero attached hydrogens (tertiary/aromatic N) is 3. The van der Waals surface area contributed by atoms with Crippen LogP contribution >= 0.6 is 11.3 Å². The summed E-state index contributed by atoms with van der Waals surface area (Å²) in [5, 5.41) is 14.3. The number of carbonyl (C=O) groups excluding carboxylic acids is 2. The molecule has 8 nitrogen and oxygen atoms in total. The van der Waals surface area contributed by atoms with Gasteiger partial charge in [-0.25, -0.2) is 18.7 Å². The van der Waals surface area contributed by atoms with Crippen LogP contribution in [0.25, 0.3) is 10.4 Å². The van der Waals surface area contributed by atoms with E-state index < -0.39 is 42.1 Å². The minimum Gasteiger partial charge on any atom is -0.393 e. The maximum atomic E-state index is 14.2. The number of rotatable bonds is 8. The van der Waals surface area contributed by atoms with E-state index in [4.69, 9.17) is 0 Å². The van der Waals surface area contributed by atoms with Crippen LogP contribution in [0.1, 0.15) is 84.1 Å². The van der Waals surface area contributed by atoms with Gasteiger partial charge < -0.3 is 20.6 Å². The molecule has 2 bridgehead atoms. The first-order valence-corrected chi connectivity index (χ1v) is 13.7.